The highest BCUT2D eigenvalue weighted by Crippen LogP contribution is 2.26. The number of fused-ring (bicyclic) bond motifs is 1. The molecule has 1 unspecified atom stereocenters. The van der Waals surface area contributed by atoms with E-state index in [0.717, 1.165) is 68.0 Å². The average molecular weight is 524 g/mol. The van der Waals surface area contributed by atoms with Gasteiger partial charge in [0, 0.05) is 50.4 Å². The minimum atomic E-state index is 0. The molecule has 2 N–H and O–H groups in total. The molecule has 1 saturated carbocycles. The zero-order valence-corrected chi connectivity index (χ0v) is 20.1. The Labute approximate surface area is 195 Å². The van der Waals surface area contributed by atoms with Gasteiger partial charge in [-0.15, -0.1) is 24.0 Å². The summed E-state index contributed by atoms with van der Waals surface area (Å²) in [5.41, 5.74) is 0.929. The van der Waals surface area contributed by atoms with Gasteiger partial charge in [0.05, 0.1) is 0 Å². The van der Waals surface area contributed by atoms with Gasteiger partial charge >= 0.3 is 0 Å². The first-order chi connectivity index (χ1) is 14.2. The van der Waals surface area contributed by atoms with Crippen LogP contribution in [0.15, 0.2) is 39.7 Å². The van der Waals surface area contributed by atoms with Gasteiger partial charge in [0.25, 0.3) is 0 Å². The van der Waals surface area contributed by atoms with Gasteiger partial charge in [0.15, 0.2) is 5.96 Å². The number of rotatable bonds is 5. The van der Waals surface area contributed by atoms with Crippen LogP contribution in [0.2, 0.25) is 0 Å². The number of amides is 1. The van der Waals surface area contributed by atoms with Crippen molar-refractivity contribution in [3.63, 3.8) is 0 Å². The number of hydrogen-bond acceptors (Lipinski definition) is 3. The number of nitrogens with zero attached hydrogens (tertiary/aromatic N) is 2. The van der Waals surface area contributed by atoms with Crippen LogP contribution in [0.3, 0.4) is 0 Å². The molecule has 1 atom stereocenters. The van der Waals surface area contributed by atoms with Crippen LogP contribution in [0, 0.1) is 5.92 Å². The van der Waals surface area contributed by atoms with E-state index in [2.05, 4.69) is 32.7 Å². The highest BCUT2D eigenvalue weighted by molar-refractivity contribution is 14.0. The number of benzene rings is 1. The van der Waals surface area contributed by atoms with Gasteiger partial charge in [-0.3, -0.25) is 9.79 Å². The number of carbonyl (C=O) groups excluding carboxylic acids is 1. The van der Waals surface area contributed by atoms with E-state index in [0.29, 0.717) is 5.91 Å². The van der Waals surface area contributed by atoms with Crippen molar-refractivity contribution >= 4 is 46.8 Å². The second-order valence-electron chi connectivity index (χ2n) is 8.25. The zero-order valence-electron chi connectivity index (χ0n) is 17.7. The maximum atomic E-state index is 12.7. The first-order valence-corrected chi connectivity index (χ1v) is 11.0. The lowest BCUT2D eigenvalue weighted by Gasteiger charge is -2.26. The Kier molecular flexibility index (Phi) is 8.41. The van der Waals surface area contributed by atoms with Crippen LogP contribution in [-0.4, -0.2) is 49.5 Å². The molecule has 1 aromatic carbocycles. The maximum absolute atomic E-state index is 12.7. The monoisotopic (exact) mass is 524 g/mol. The molecule has 7 heteroatoms. The largest absolute Gasteiger partial charge is 0.461 e. The molecular weight excluding hydrogens is 491 g/mol. The molecule has 1 saturated heterocycles. The molecule has 0 bridgehead atoms. The van der Waals surface area contributed by atoms with E-state index in [1.54, 1.807) is 7.05 Å². The number of hydrogen-bond donors (Lipinski definition) is 2. The van der Waals surface area contributed by atoms with E-state index in [1.807, 2.05) is 18.2 Å². The van der Waals surface area contributed by atoms with Gasteiger partial charge in [0.1, 0.15) is 11.3 Å². The Morgan fingerprint density at radius 1 is 1.20 bits per heavy atom. The molecule has 1 amide bonds. The maximum Gasteiger partial charge on any atom is 0.225 e. The van der Waals surface area contributed by atoms with Crippen LogP contribution < -0.4 is 10.6 Å². The smallest absolute Gasteiger partial charge is 0.225 e. The number of para-hydroxylation sites is 1. The van der Waals surface area contributed by atoms with Crippen molar-refractivity contribution in [2.75, 3.05) is 26.7 Å². The second-order valence-corrected chi connectivity index (χ2v) is 8.25. The molecule has 6 nitrogen and oxygen atoms in total. The summed E-state index contributed by atoms with van der Waals surface area (Å²) in [5.74, 6) is 2.38. The van der Waals surface area contributed by atoms with E-state index in [4.69, 9.17) is 4.42 Å². The molecule has 0 spiro atoms. The normalized spacial score (nSPS) is 20.2. The van der Waals surface area contributed by atoms with Crippen LogP contribution in [0.1, 0.15) is 44.3 Å². The molecule has 0 radical (unpaired) electrons. The van der Waals surface area contributed by atoms with Crippen molar-refractivity contribution in [2.24, 2.45) is 10.9 Å². The van der Waals surface area contributed by atoms with Gasteiger partial charge in [-0.2, -0.15) is 0 Å². The number of aliphatic imine (C=N–C) groups is 1. The lowest BCUT2D eigenvalue weighted by atomic mass is 9.88. The van der Waals surface area contributed by atoms with Crippen LogP contribution in [0.25, 0.3) is 11.0 Å². The summed E-state index contributed by atoms with van der Waals surface area (Å²) in [5, 5.41) is 7.99. The molecule has 2 aliphatic rings. The van der Waals surface area contributed by atoms with Crippen LogP contribution in [-0.2, 0) is 11.2 Å². The Hall–Kier alpha value is -1.77. The topological polar surface area (TPSA) is 69.9 Å². The number of halogens is 1. The summed E-state index contributed by atoms with van der Waals surface area (Å²) in [4.78, 5) is 19.1. The third-order valence-corrected chi connectivity index (χ3v) is 6.16. The molecular formula is C23H33IN4O2. The molecule has 2 fully saturated rings. The minimum absolute atomic E-state index is 0. The number of carbonyl (C=O) groups is 1. The van der Waals surface area contributed by atoms with Crippen molar-refractivity contribution in [2.45, 2.75) is 51.0 Å². The summed E-state index contributed by atoms with van der Waals surface area (Å²) in [6.07, 6.45) is 7.59. The number of nitrogens with one attached hydrogen (secondary N) is 2. The fourth-order valence-corrected chi connectivity index (χ4v) is 4.54. The van der Waals surface area contributed by atoms with Crippen LogP contribution >= 0.6 is 24.0 Å². The van der Waals surface area contributed by atoms with Gasteiger partial charge in [0.2, 0.25) is 5.91 Å². The number of furan rings is 1. The Morgan fingerprint density at radius 2 is 2.00 bits per heavy atom. The van der Waals surface area contributed by atoms with E-state index < -0.39 is 0 Å². The van der Waals surface area contributed by atoms with Crippen LogP contribution in [0.5, 0.6) is 0 Å². The highest BCUT2D eigenvalue weighted by Gasteiger charge is 2.31. The molecule has 164 valence electrons. The third-order valence-electron chi connectivity index (χ3n) is 6.16. The second kappa shape index (κ2) is 11.0. The van der Waals surface area contributed by atoms with Crippen molar-refractivity contribution in [3.05, 3.63) is 36.1 Å². The van der Waals surface area contributed by atoms with Gasteiger partial charge in [-0.25, -0.2) is 0 Å². The zero-order chi connectivity index (χ0) is 20.1. The van der Waals surface area contributed by atoms with Gasteiger partial charge in [-0.05, 0) is 31.4 Å². The van der Waals surface area contributed by atoms with Gasteiger partial charge in [-0.1, -0.05) is 37.5 Å². The average Bonchev–Trinajstić information content (AvgIpc) is 3.39. The molecule has 2 heterocycles. The quantitative estimate of drug-likeness (QED) is 0.353. The summed E-state index contributed by atoms with van der Waals surface area (Å²) < 4.78 is 5.87. The van der Waals surface area contributed by atoms with E-state index in [1.165, 1.54) is 19.3 Å². The predicted octanol–water partition coefficient (Wildman–Crippen LogP) is 3.94. The fourth-order valence-electron chi connectivity index (χ4n) is 4.54. The van der Waals surface area contributed by atoms with Crippen molar-refractivity contribution in [1.82, 2.24) is 15.5 Å². The van der Waals surface area contributed by atoms with E-state index >= 15 is 0 Å². The fraction of sp³-hybridized carbons (Fsp3) is 0.565. The molecule has 1 aromatic heterocycles. The summed E-state index contributed by atoms with van der Waals surface area (Å²) >= 11 is 0. The number of likely N-dealkylation sites (tertiary alicyclic amines) is 1. The first-order valence-electron chi connectivity index (χ1n) is 11.0. The molecule has 1 aliphatic heterocycles. The minimum Gasteiger partial charge on any atom is -0.461 e. The SMILES string of the molecule is CN=C(NCCc1cc2ccccc2o1)NC1CCN(C(=O)C2CCCCC2)C1.I. The van der Waals surface area contributed by atoms with Gasteiger partial charge < -0.3 is 20.0 Å². The molecule has 1 aliphatic carbocycles. The molecule has 4 rings (SSSR count). The Bertz CT molecular complexity index is 827. The van der Waals surface area contributed by atoms with Crippen molar-refractivity contribution < 1.29 is 9.21 Å². The summed E-state index contributed by atoms with van der Waals surface area (Å²) in [7, 11) is 1.79. The highest BCUT2D eigenvalue weighted by atomic mass is 127. The first kappa shape index (κ1) is 22.9. The van der Waals surface area contributed by atoms with Crippen molar-refractivity contribution in [1.29, 1.82) is 0 Å². The third kappa shape index (κ3) is 5.68. The Balaban J connectivity index is 0.00000256. The molecule has 30 heavy (non-hydrogen) atoms. The lowest BCUT2D eigenvalue weighted by molar-refractivity contribution is -0.135. The Morgan fingerprint density at radius 3 is 2.77 bits per heavy atom. The predicted molar refractivity (Wildman–Crippen MR) is 131 cm³/mol. The molecule has 2 aromatic rings. The van der Waals surface area contributed by atoms with E-state index in [9.17, 15) is 4.79 Å². The number of guanidine groups is 1. The standard InChI is InChI=1S/C23H32N4O2.HI/c1-24-23(25-13-11-20-15-18-9-5-6-10-21(18)29-20)26-19-12-14-27(16-19)22(28)17-7-3-2-4-8-17;/h5-6,9-10,15,17,19H,2-4,7-8,11-14,16H2,1H3,(H2,24,25,26);1H. The summed E-state index contributed by atoms with van der Waals surface area (Å²) in [6.45, 7) is 2.37. The summed E-state index contributed by atoms with van der Waals surface area (Å²) in [6, 6.07) is 10.4. The van der Waals surface area contributed by atoms with Crippen LogP contribution in [0.4, 0.5) is 0 Å². The van der Waals surface area contributed by atoms with Crippen molar-refractivity contribution in [3.8, 4) is 0 Å². The van der Waals surface area contributed by atoms with E-state index in [-0.39, 0.29) is 35.9 Å². The lowest BCUT2D eigenvalue weighted by Crippen LogP contribution is -2.46.